The van der Waals surface area contributed by atoms with Crippen molar-refractivity contribution in [1.29, 1.82) is 0 Å². The lowest BCUT2D eigenvalue weighted by Crippen LogP contribution is -2.39. The quantitative estimate of drug-likeness (QED) is 0.484. The molecule has 2 heterocycles. The first-order valence-corrected chi connectivity index (χ1v) is 11.3. The summed E-state index contributed by atoms with van der Waals surface area (Å²) >= 11 is 1.11. The second-order valence-electron chi connectivity index (χ2n) is 8.73. The average Bonchev–Trinajstić information content (AvgIpc) is 3.18. The molecule has 0 bridgehead atoms. The molecule has 0 atom stereocenters. The molecule has 2 aromatic rings. The van der Waals surface area contributed by atoms with Gasteiger partial charge in [0.05, 0.1) is 23.8 Å². The zero-order chi connectivity index (χ0) is 23.3. The van der Waals surface area contributed by atoms with Crippen molar-refractivity contribution in [3.05, 3.63) is 34.2 Å². The first-order valence-electron chi connectivity index (χ1n) is 10.5. The summed E-state index contributed by atoms with van der Waals surface area (Å²) in [4.78, 5) is 30.2. The summed E-state index contributed by atoms with van der Waals surface area (Å²) in [5.74, 6) is 6.31. The fraction of sp³-hybridized carbons (Fsp3) is 0.458. The van der Waals surface area contributed by atoms with Crippen molar-refractivity contribution in [3.8, 4) is 23.5 Å². The molecular weight excluding hydrogens is 428 g/mol. The lowest BCUT2D eigenvalue weighted by molar-refractivity contribution is -0.108. The van der Waals surface area contributed by atoms with Crippen LogP contribution in [0.25, 0.3) is 0 Å². The van der Waals surface area contributed by atoms with Gasteiger partial charge >= 0.3 is 5.97 Å². The number of aromatic nitrogens is 1. The van der Waals surface area contributed by atoms with Crippen LogP contribution < -0.4 is 14.4 Å². The van der Waals surface area contributed by atoms with Crippen molar-refractivity contribution < 1.29 is 24.2 Å². The highest BCUT2D eigenvalue weighted by Crippen LogP contribution is 2.35. The number of nitrogens with zero attached hydrogens (tertiary/aromatic N) is 2. The standard InChI is InChI=1S/C24H28N2O5S/c1-24(2,3)11-9-19-14-20(22(32-19)23(28)29)26(15-27)16-5-7-17(8-6-16)31-18-10-12-25-21(13-18)30-4/h10,12-17H,5-8H2,1-4H3,(H,28,29)/t16-,17-. The molecule has 0 aromatic carbocycles. The van der Waals surface area contributed by atoms with Crippen LogP contribution in [0.1, 0.15) is 61.0 Å². The Balaban J connectivity index is 1.72. The van der Waals surface area contributed by atoms with Gasteiger partial charge < -0.3 is 19.5 Å². The molecule has 1 N–H and O–H groups in total. The van der Waals surface area contributed by atoms with Crippen LogP contribution in [0.2, 0.25) is 0 Å². The lowest BCUT2D eigenvalue weighted by atomic mass is 9.91. The first-order chi connectivity index (χ1) is 15.2. The monoisotopic (exact) mass is 456 g/mol. The molecule has 0 saturated heterocycles. The molecule has 0 unspecified atom stereocenters. The van der Waals surface area contributed by atoms with Crippen LogP contribution in [-0.2, 0) is 4.79 Å². The van der Waals surface area contributed by atoms with Gasteiger partial charge in [-0.2, -0.15) is 0 Å². The van der Waals surface area contributed by atoms with Gasteiger partial charge in [-0.3, -0.25) is 4.79 Å². The number of hydrogen-bond donors (Lipinski definition) is 1. The minimum atomic E-state index is -1.05. The molecule has 2 aromatic heterocycles. The van der Waals surface area contributed by atoms with Gasteiger partial charge in [0.2, 0.25) is 12.3 Å². The van der Waals surface area contributed by atoms with E-state index >= 15 is 0 Å². The fourth-order valence-electron chi connectivity index (χ4n) is 3.59. The normalized spacial score (nSPS) is 18.2. The summed E-state index contributed by atoms with van der Waals surface area (Å²) < 4.78 is 11.2. The van der Waals surface area contributed by atoms with Gasteiger partial charge in [-0.25, -0.2) is 9.78 Å². The van der Waals surface area contributed by atoms with E-state index in [0.29, 0.717) is 35.0 Å². The van der Waals surface area contributed by atoms with Gasteiger partial charge in [-0.1, -0.05) is 11.8 Å². The van der Waals surface area contributed by atoms with Crippen LogP contribution in [0, 0.1) is 17.3 Å². The van der Waals surface area contributed by atoms with Crippen molar-refractivity contribution in [2.24, 2.45) is 5.41 Å². The Morgan fingerprint density at radius 3 is 2.59 bits per heavy atom. The van der Waals surface area contributed by atoms with E-state index < -0.39 is 5.97 Å². The fourth-order valence-corrected chi connectivity index (χ4v) is 4.44. The summed E-state index contributed by atoms with van der Waals surface area (Å²) in [6, 6.07) is 5.16. The Hall–Kier alpha value is -3.05. The molecule has 8 heteroatoms. The van der Waals surface area contributed by atoms with Crippen LogP contribution in [0.3, 0.4) is 0 Å². The Kier molecular flexibility index (Phi) is 7.41. The third-order valence-electron chi connectivity index (χ3n) is 5.11. The van der Waals surface area contributed by atoms with Gasteiger partial charge in [0.1, 0.15) is 10.6 Å². The number of thiophene rings is 1. The molecule has 1 fully saturated rings. The molecule has 3 rings (SSSR count). The smallest absolute Gasteiger partial charge is 0.348 e. The summed E-state index contributed by atoms with van der Waals surface area (Å²) in [7, 11) is 1.56. The summed E-state index contributed by atoms with van der Waals surface area (Å²) in [6.45, 7) is 5.98. The molecule has 1 aliphatic rings. The van der Waals surface area contributed by atoms with Gasteiger partial charge in [-0.15, -0.1) is 11.3 Å². The second kappa shape index (κ2) is 10.0. The highest BCUT2D eigenvalue weighted by Gasteiger charge is 2.30. The number of carboxylic acid groups (broad SMARTS) is 1. The maximum absolute atomic E-state index is 12.0. The topological polar surface area (TPSA) is 89.0 Å². The van der Waals surface area contributed by atoms with Crippen molar-refractivity contribution >= 4 is 29.4 Å². The Bertz CT molecular complexity index is 1020. The lowest BCUT2D eigenvalue weighted by Gasteiger charge is -2.34. The molecular formula is C24H28N2O5S. The predicted molar refractivity (Wildman–Crippen MR) is 124 cm³/mol. The van der Waals surface area contributed by atoms with Crippen LogP contribution >= 0.6 is 11.3 Å². The maximum atomic E-state index is 12.0. The number of pyridine rings is 1. The van der Waals surface area contributed by atoms with Crippen LogP contribution in [-0.4, -0.2) is 41.7 Å². The molecule has 7 nitrogen and oxygen atoms in total. The van der Waals surface area contributed by atoms with Crippen molar-refractivity contribution in [3.63, 3.8) is 0 Å². The van der Waals surface area contributed by atoms with E-state index in [1.54, 1.807) is 36.4 Å². The number of carbonyl (C=O) groups excluding carboxylic acids is 1. The van der Waals surface area contributed by atoms with Gasteiger partial charge in [0.25, 0.3) is 0 Å². The highest BCUT2D eigenvalue weighted by molar-refractivity contribution is 7.15. The van der Waals surface area contributed by atoms with E-state index in [4.69, 9.17) is 9.47 Å². The minimum absolute atomic E-state index is 0.0153. The van der Waals surface area contributed by atoms with Crippen LogP contribution in [0.15, 0.2) is 24.4 Å². The van der Waals surface area contributed by atoms with E-state index in [-0.39, 0.29) is 22.4 Å². The molecule has 1 amide bonds. The van der Waals surface area contributed by atoms with Gasteiger partial charge in [-0.05, 0) is 58.6 Å². The third-order valence-corrected chi connectivity index (χ3v) is 6.14. The Morgan fingerprint density at radius 2 is 2.00 bits per heavy atom. The molecule has 0 aliphatic heterocycles. The largest absolute Gasteiger partial charge is 0.490 e. The highest BCUT2D eigenvalue weighted by atomic mass is 32.1. The third kappa shape index (κ3) is 6.01. The van der Waals surface area contributed by atoms with Gasteiger partial charge in [0.15, 0.2) is 0 Å². The first kappa shape index (κ1) is 23.6. The molecule has 0 spiro atoms. The van der Waals surface area contributed by atoms with Gasteiger partial charge in [0, 0.05) is 23.7 Å². The van der Waals surface area contributed by atoms with E-state index in [2.05, 4.69) is 16.8 Å². The number of hydrogen-bond acceptors (Lipinski definition) is 6. The summed E-state index contributed by atoms with van der Waals surface area (Å²) in [6.07, 6.45) is 5.31. The number of carboxylic acids is 1. The Labute approximate surface area is 192 Å². The zero-order valence-electron chi connectivity index (χ0n) is 18.8. The van der Waals surface area contributed by atoms with E-state index in [9.17, 15) is 14.7 Å². The number of aromatic carboxylic acids is 1. The summed E-state index contributed by atoms with van der Waals surface area (Å²) in [5, 5.41) is 9.68. The molecule has 0 radical (unpaired) electrons. The van der Waals surface area contributed by atoms with Crippen molar-refractivity contribution in [2.75, 3.05) is 12.0 Å². The minimum Gasteiger partial charge on any atom is -0.490 e. The van der Waals surface area contributed by atoms with Crippen molar-refractivity contribution in [1.82, 2.24) is 4.98 Å². The van der Waals surface area contributed by atoms with Crippen molar-refractivity contribution in [2.45, 2.75) is 58.6 Å². The summed E-state index contributed by atoms with van der Waals surface area (Å²) in [5.41, 5.74) is 0.216. The zero-order valence-corrected chi connectivity index (χ0v) is 19.6. The van der Waals surface area contributed by atoms with E-state index in [0.717, 1.165) is 30.6 Å². The number of rotatable bonds is 7. The molecule has 1 saturated carbocycles. The maximum Gasteiger partial charge on any atom is 0.348 e. The molecule has 170 valence electrons. The number of ether oxygens (including phenoxy) is 2. The second-order valence-corrected chi connectivity index (χ2v) is 9.78. The van der Waals surface area contributed by atoms with Crippen LogP contribution in [0.4, 0.5) is 5.69 Å². The SMILES string of the molecule is COc1cc(O[C@H]2CC[C@H](N(C=O)c3cc(C#CC(C)(C)C)sc3C(=O)O)CC2)ccn1. The Morgan fingerprint density at radius 1 is 1.28 bits per heavy atom. The molecule has 1 aliphatic carbocycles. The van der Waals surface area contributed by atoms with Crippen LogP contribution in [0.5, 0.6) is 11.6 Å². The number of methoxy groups -OCH3 is 1. The van der Waals surface area contributed by atoms with E-state index in [1.807, 2.05) is 20.8 Å². The van der Waals surface area contributed by atoms with E-state index in [1.165, 1.54) is 0 Å². The predicted octanol–water partition coefficient (Wildman–Crippen LogP) is 4.60. The average molecular weight is 457 g/mol. The number of amides is 1. The number of carbonyl (C=O) groups is 2. The number of anilines is 1. The molecule has 32 heavy (non-hydrogen) atoms.